The third-order valence-electron chi connectivity index (χ3n) is 4.91. The molecule has 2 aromatic carbocycles. The zero-order valence-electron chi connectivity index (χ0n) is 15.3. The number of nitrogens with one attached hydrogen (secondary N) is 1. The van der Waals surface area contributed by atoms with Crippen LogP contribution in [0.25, 0.3) is 5.69 Å². The second kappa shape index (κ2) is 7.82. The molecule has 144 valence electrons. The largest absolute Gasteiger partial charge is 0.504 e. The number of aromatic hydroxyl groups is 1. The third kappa shape index (κ3) is 3.48. The summed E-state index contributed by atoms with van der Waals surface area (Å²) in [5.41, 5.74) is 1.11. The number of carbonyl (C=O) groups is 1. The molecular weight excluding hydrogens is 359 g/mol. The number of halogens is 1. The van der Waals surface area contributed by atoms with Crippen LogP contribution in [0.15, 0.2) is 60.8 Å². The summed E-state index contributed by atoms with van der Waals surface area (Å²) < 4.78 is 15.3. The number of carbonyl (C=O) groups excluding carboxylic acids is 1. The Kier molecular flexibility index (Phi) is 5.08. The molecule has 1 aliphatic heterocycles. The van der Waals surface area contributed by atoms with Gasteiger partial charge in [0, 0.05) is 13.1 Å². The lowest BCUT2D eigenvalue weighted by molar-refractivity contribution is 0.0681. The van der Waals surface area contributed by atoms with Gasteiger partial charge in [-0.25, -0.2) is 9.07 Å². The molecule has 1 aliphatic rings. The lowest BCUT2D eigenvalue weighted by Crippen LogP contribution is -2.38. The maximum absolute atomic E-state index is 14.1. The van der Waals surface area contributed by atoms with Gasteiger partial charge >= 0.3 is 0 Å². The molecule has 1 atom stereocenters. The molecule has 0 saturated carbocycles. The fraction of sp³-hybridized carbons (Fsp3) is 0.238. The van der Waals surface area contributed by atoms with E-state index < -0.39 is 5.82 Å². The highest BCUT2D eigenvalue weighted by molar-refractivity contribution is 5.95. The van der Waals surface area contributed by atoms with Gasteiger partial charge in [0.2, 0.25) is 0 Å². The fourth-order valence-corrected chi connectivity index (χ4v) is 3.51. The summed E-state index contributed by atoms with van der Waals surface area (Å²) in [6.45, 7) is 1.96. The Labute approximate surface area is 162 Å². The van der Waals surface area contributed by atoms with Crippen molar-refractivity contribution in [2.75, 3.05) is 19.6 Å². The summed E-state index contributed by atoms with van der Waals surface area (Å²) >= 11 is 0. The lowest BCUT2D eigenvalue weighted by atomic mass is 10.0. The second-order valence-electron chi connectivity index (χ2n) is 6.74. The van der Waals surface area contributed by atoms with Crippen LogP contribution in [0.3, 0.4) is 0 Å². The smallest absolute Gasteiger partial charge is 0.278 e. The minimum atomic E-state index is -0.481. The molecule has 2 N–H and O–H groups in total. The van der Waals surface area contributed by atoms with Gasteiger partial charge in [-0.2, -0.15) is 5.10 Å². The lowest BCUT2D eigenvalue weighted by Gasteiger charge is -2.29. The molecule has 0 bridgehead atoms. The van der Waals surface area contributed by atoms with Gasteiger partial charge in [-0.15, -0.1) is 0 Å². The van der Waals surface area contributed by atoms with Crippen molar-refractivity contribution in [3.8, 4) is 11.4 Å². The van der Waals surface area contributed by atoms with Crippen molar-refractivity contribution in [1.29, 1.82) is 0 Å². The first kappa shape index (κ1) is 18.2. The van der Waals surface area contributed by atoms with Gasteiger partial charge in [-0.05, 0) is 30.7 Å². The van der Waals surface area contributed by atoms with Crippen molar-refractivity contribution in [3.63, 3.8) is 0 Å². The monoisotopic (exact) mass is 380 g/mol. The van der Waals surface area contributed by atoms with Crippen LogP contribution in [0, 0.1) is 5.82 Å². The summed E-state index contributed by atoms with van der Waals surface area (Å²) in [5.74, 6) is -1.12. The van der Waals surface area contributed by atoms with Gasteiger partial charge in [-0.3, -0.25) is 4.79 Å². The Hall–Kier alpha value is -3.19. The summed E-state index contributed by atoms with van der Waals surface area (Å²) in [5, 5.41) is 17.9. The van der Waals surface area contributed by atoms with Gasteiger partial charge in [0.1, 0.15) is 11.5 Å². The molecule has 1 aromatic heterocycles. The van der Waals surface area contributed by atoms with E-state index in [2.05, 4.69) is 10.4 Å². The molecule has 0 aliphatic carbocycles. The van der Waals surface area contributed by atoms with E-state index in [4.69, 9.17) is 0 Å². The van der Waals surface area contributed by atoms with E-state index in [0.717, 1.165) is 18.5 Å². The van der Waals surface area contributed by atoms with Crippen LogP contribution in [-0.4, -0.2) is 45.3 Å². The van der Waals surface area contributed by atoms with Gasteiger partial charge in [-0.1, -0.05) is 42.5 Å². The first-order chi connectivity index (χ1) is 13.6. The molecule has 28 heavy (non-hydrogen) atoms. The third-order valence-corrected chi connectivity index (χ3v) is 4.91. The topological polar surface area (TPSA) is 70.4 Å². The van der Waals surface area contributed by atoms with Crippen LogP contribution in [0.5, 0.6) is 5.75 Å². The molecular formula is C21H21FN4O2. The molecule has 0 radical (unpaired) electrons. The minimum Gasteiger partial charge on any atom is -0.504 e. The summed E-state index contributed by atoms with van der Waals surface area (Å²) in [6, 6.07) is 15.7. The van der Waals surface area contributed by atoms with E-state index in [1.165, 1.54) is 16.9 Å². The fourth-order valence-electron chi connectivity index (χ4n) is 3.51. The van der Waals surface area contributed by atoms with Crippen molar-refractivity contribution in [2.45, 2.75) is 12.5 Å². The van der Waals surface area contributed by atoms with Crippen LogP contribution < -0.4 is 5.32 Å². The van der Waals surface area contributed by atoms with E-state index in [-0.39, 0.29) is 29.1 Å². The van der Waals surface area contributed by atoms with Crippen LogP contribution >= 0.6 is 0 Å². The normalized spacial score (nSPS) is 17.3. The molecule has 1 unspecified atom stereocenters. The van der Waals surface area contributed by atoms with Gasteiger partial charge < -0.3 is 15.3 Å². The molecule has 1 fully saturated rings. The number of rotatable bonds is 3. The van der Waals surface area contributed by atoms with Crippen molar-refractivity contribution in [2.24, 2.45) is 0 Å². The number of aromatic nitrogens is 2. The van der Waals surface area contributed by atoms with Crippen molar-refractivity contribution < 1.29 is 14.3 Å². The van der Waals surface area contributed by atoms with E-state index >= 15 is 0 Å². The maximum atomic E-state index is 14.1. The Morgan fingerprint density at radius 1 is 1.14 bits per heavy atom. The number of nitrogens with zero attached hydrogens (tertiary/aromatic N) is 3. The highest BCUT2D eigenvalue weighted by Gasteiger charge is 2.31. The zero-order chi connectivity index (χ0) is 19.5. The van der Waals surface area contributed by atoms with Crippen molar-refractivity contribution >= 4 is 5.91 Å². The number of para-hydroxylation sites is 1. The molecule has 4 rings (SSSR count). The quantitative estimate of drug-likeness (QED) is 0.733. The SMILES string of the molecule is O=C(c1nn(-c2ccccc2F)cc1O)N1CCCNCC1c1ccccc1. The predicted octanol–water partition coefficient (Wildman–Crippen LogP) is 2.89. The van der Waals surface area contributed by atoms with Crippen molar-refractivity contribution in [1.82, 2.24) is 20.0 Å². The van der Waals surface area contributed by atoms with E-state index in [0.29, 0.717) is 13.1 Å². The number of hydrogen-bond donors (Lipinski definition) is 2. The summed E-state index contributed by atoms with van der Waals surface area (Å²) in [4.78, 5) is 15.0. The zero-order valence-corrected chi connectivity index (χ0v) is 15.3. The maximum Gasteiger partial charge on any atom is 0.278 e. The van der Waals surface area contributed by atoms with Gasteiger partial charge in [0.25, 0.3) is 5.91 Å². The molecule has 2 heterocycles. The Balaban J connectivity index is 1.68. The van der Waals surface area contributed by atoms with E-state index in [9.17, 15) is 14.3 Å². The predicted molar refractivity (Wildman–Crippen MR) is 103 cm³/mol. The van der Waals surface area contributed by atoms with Crippen LogP contribution in [-0.2, 0) is 0 Å². The molecule has 7 heteroatoms. The number of amides is 1. The van der Waals surface area contributed by atoms with Crippen molar-refractivity contribution in [3.05, 3.63) is 77.9 Å². The van der Waals surface area contributed by atoms with E-state index in [1.807, 2.05) is 30.3 Å². The summed E-state index contributed by atoms with van der Waals surface area (Å²) in [6.07, 6.45) is 2.06. The Bertz CT molecular complexity index is 974. The average molecular weight is 380 g/mol. The second-order valence-corrected chi connectivity index (χ2v) is 6.74. The van der Waals surface area contributed by atoms with Crippen LogP contribution in [0.4, 0.5) is 4.39 Å². The van der Waals surface area contributed by atoms with E-state index in [1.54, 1.807) is 23.1 Å². The standard InChI is InChI=1S/C21H21FN4O2/c22-16-9-4-5-10-17(16)26-14-19(27)20(24-26)21(28)25-12-6-11-23-13-18(25)15-7-2-1-3-8-15/h1-5,7-10,14,18,23,27H,6,11-13H2. The number of benzene rings is 2. The highest BCUT2D eigenvalue weighted by atomic mass is 19.1. The molecule has 6 nitrogen and oxygen atoms in total. The van der Waals surface area contributed by atoms with Gasteiger partial charge in [0.15, 0.2) is 11.4 Å². The first-order valence-corrected chi connectivity index (χ1v) is 9.25. The summed E-state index contributed by atoms with van der Waals surface area (Å²) in [7, 11) is 0. The molecule has 0 spiro atoms. The molecule has 3 aromatic rings. The average Bonchev–Trinajstić information content (AvgIpc) is 2.94. The Morgan fingerprint density at radius 3 is 2.68 bits per heavy atom. The molecule has 1 saturated heterocycles. The van der Waals surface area contributed by atoms with Gasteiger partial charge in [0.05, 0.1) is 12.2 Å². The van der Waals surface area contributed by atoms with Crippen LogP contribution in [0.2, 0.25) is 0 Å². The minimum absolute atomic E-state index is 0.0777. The number of hydrogen-bond acceptors (Lipinski definition) is 4. The first-order valence-electron chi connectivity index (χ1n) is 9.25. The Morgan fingerprint density at radius 2 is 1.89 bits per heavy atom. The molecule has 1 amide bonds. The van der Waals surface area contributed by atoms with Crippen LogP contribution in [0.1, 0.15) is 28.5 Å². The highest BCUT2D eigenvalue weighted by Crippen LogP contribution is 2.27.